The van der Waals surface area contributed by atoms with Gasteiger partial charge in [0.05, 0.1) is 0 Å². The van der Waals surface area contributed by atoms with Gasteiger partial charge in [-0.3, -0.25) is 0 Å². The molecule has 150 valence electrons. The molecule has 0 aliphatic heterocycles. The van der Waals surface area contributed by atoms with Crippen molar-refractivity contribution in [1.82, 2.24) is 0 Å². The van der Waals surface area contributed by atoms with Crippen molar-refractivity contribution in [3.8, 4) is 0 Å². The van der Waals surface area contributed by atoms with E-state index in [-0.39, 0.29) is 0 Å². The average molecular weight is 367 g/mol. The van der Waals surface area contributed by atoms with Gasteiger partial charge in [-0.25, -0.2) is 0 Å². The topological polar surface area (TPSA) is 0 Å². The second kappa shape index (κ2) is 5.66. The Morgan fingerprint density at radius 2 is 1.44 bits per heavy atom. The Kier molecular flexibility index (Phi) is 3.69. The molecule has 0 amide bonds. The molecule has 6 bridgehead atoms. The Hall–Kier alpha value is -0.260. The van der Waals surface area contributed by atoms with Gasteiger partial charge in [0.2, 0.25) is 0 Å². The van der Waals surface area contributed by atoms with Crippen LogP contribution in [-0.2, 0) is 0 Å². The lowest BCUT2D eigenvalue weighted by Crippen LogP contribution is -2.43. The van der Waals surface area contributed by atoms with Gasteiger partial charge in [0, 0.05) is 0 Å². The molecule has 6 aliphatic rings. The van der Waals surface area contributed by atoms with Gasteiger partial charge >= 0.3 is 0 Å². The maximum atomic E-state index is 3.03. The van der Waals surface area contributed by atoms with E-state index < -0.39 is 0 Å². The monoisotopic (exact) mass is 366 g/mol. The smallest absolute Gasteiger partial charge is 0.00534 e. The van der Waals surface area contributed by atoms with Gasteiger partial charge in [-0.2, -0.15) is 0 Å². The van der Waals surface area contributed by atoms with Crippen molar-refractivity contribution < 1.29 is 0 Å². The van der Waals surface area contributed by atoms with Crippen LogP contribution in [0.5, 0.6) is 0 Å². The highest BCUT2D eigenvalue weighted by Crippen LogP contribution is 2.70. The van der Waals surface area contributed by atoms with Gasteiger partial charge < -0.3 is 0 Å². The molecule has 6 saturated carbocycles. The van der Waals surface area contributed by atoms with Crippen LogP contribution in [0.1, 0.15) is 91.9 Å². The van der Waals surface area contributed by atoms with Crippen LogP contribution in [0.15, 0.2) is 11.6 Å². The fourth-order valence-corrected chi connectivity index (χ4v) is 10.3. The zero-order valence-electron chi connectivity index (χ0n) is 18.3. The Bertz CT molecular complexity index is 647. The molecule has 0 aromatic rings. The molecule has 6 fully saturated rings. The maximum Gasteiger partial charge on any atom is -0.00534 e. The molecule has 0 aromatic heterocycles. The molecule has 0 heteroatoms. The van der Waals surface area contributed by atoms with Crippen molar-refractivity contribution in [3.05, 3.63) is 11.6 Å². The van der Waals surface area contributed by atoms with Crippen molar-refractivity contribution in [2.24, 2.45) is 64.1 Å². The van der Waals surface area contributed by atoms with Crippen molar-refractivity contribution in [2.45, 2.75) is 91.9 Å². The number of fused-ring (bicyclic) bond motifs is 6. The third kappa shape index (κ3) is 2.17. The van der Waals surface area contributed by atoms with Crippen molar-refractivity contribution in [1.29, 1.82) is 0 Å². The first kappa shape index (κ1) is 17.6. The van der Waals surface area contributed by atoms with E-state index in [0.717, 1.165) is 53.3 Å². The van der Waals surface area contributed by atoms with Crippen LogP contribution in [0.25, 0.3) is 0 Å². The molecule has 11 unspecified atom stereocenters. The number of hydrogen-bond acceptors (Lipinski definition) is 0. The summed E-state index contributed by atoms with van der Waals surface area (Å²) in [6, 6.07) is 0. The molecule has 6 aliphatic carbocycles. The van der Waals surface area contributed by atoms with E-state index in [9.17, 15) is 0 Å². The summed E-state index contributed by atoms with van der Waals surface area (Å²) in [7, 11) is 0. The molecule has 0 N–H and O–H groups in total. The summed E-state index contributed by atoms with van der Waals surface area (Å²) >= 11 is 0. The molecule has 0 aromatic carbocycles. The van der Waals surface area contributed by atoms with Crippen molar-refractivity contribution in [2.75, 3.05) is 0 Å². The molecule has 0 heterocycles. The van der Waals surface area contributed by atoms with Crippen LogP contribution in [0.4, 0.5) is 0 Å². The number of rotatable bonds is 3. The van der Waals surface area contributed by atoms with E-state index >= 15 is 0 Å². The van der Waals surface area contributed by atoms with Gasteiger partial charge in [-0.1, -0.05) is 39.3 Å². The van der Waals surface area contributed by atoms with E-state index in [0.29, 0.717) is 10.8 Å². The zero-order chi connectivity index (χ0) is 18.6. The van der Waals surface area contributed by atoms with E-state index in [4.69, 9.17) is 0 Å². The lowest BCUT2D eigenvalue weighted by atomic mass is 9.54. The molecular weight excluding hydrogens is 324 g/mol. The van der Waals surface area contributed by atoms with E-state index in [1.54, 1.807) is 25.7 Å². The zero-order valence-corrected chi connectivity index (χ0v) is 18.3. The molecule has 11 atom stereocenters. The lowest BCUT2D eigenvalue weighted by Gasteiger charge is -2.51. The Morgan fingerprint density at radius 1 is 0.778 bits per heavy atom. The molecule has 0 radical (unpaired) electrons. The van der Waals surface area contributed by atoms with E-state index in [1.807, 2.05) is 5.57 Å². The average Bonchev–Trinajstić information content (AvgIpc) is 3.46. The van der Waals surface area contributed by atoms with Crippen LogP contribution >= 0.6 is 0 Å². The second-order valence-corrected chi connectivity index (χ2v) is 12.6. The molecule has 6 rings (SSSR count). The fraction of sp³-hybridized carbons (Fsp3) is 0.926. The van der Waals surface area contributed by atoms with Crippen LogP contribution in [0.3, 0.4) is 0 Å². The van der Waals surface area contributed by atoms with Gasteiger partial charge in [0.15, 0.2) is 0 Å². The standard InChI is InChI=1S/C27H42/c1-16-19-5-6-22(11-19)25(16)14-27(18(3)21-8-10-24(27)13-21)15-26(4)17(2)20-7-9-23(26)12-20/h14,16-24H,5-13,15H2,1-4H3/b25-14-. The van der Waals surface area contributed by atoms with Gasteiger partial charge in [0.1, 0.15) is 0 Å². The SMILES string of the molecule is CC1/C(=C/C2(CC3(C)C4CCC(C4)C3C)C3CCC(C3)C2C)C2CCC1C2. The minimum absolute atomic E-state index is 0.560. The van der Waals surface area contributed by atoms with Crippen LogP contribution in [0.2, 0.25) is 0 Å². The molecule has 27 heavy (non-hydrogen) atoms. The van der Waals surface area contributed by atoms with Crippen LogP contribution in [-0.4, -0.2) is 0 Å². The summed E-state index contributed by atoms with van der Waals surface area (Å²) in [5.41, 5.74) is 3.13. The summed E-state index contributed by atoms with van der Waals surface area (Å²) < 4.78 is 0. The minimum atomic E-state index is 0.560. The quantitative estimate of drug-likeness (QED) is 0.454. The fourth-order valence-electron chi connectivity index (χ4n) is 10.3. The Labute approximate surface area is 168 Å². The molecule has 0 saturated heterocycles. The second-order valence-electron chi connectivity index (χ2n) is 12.6. The summed E-state index contributed by atoms with van der Waals surface area (Å²) in [5, 5.41) is 0. The minimum Gasteiger partial charge on any atom is -0.0780 e. The summed E-state index contributed by atoms with van der Waals surface area (Å²) in [6.07, 6.45) is 18.4. The van der Waals surface area contributed by atoms with Gasteiger partial charge in [-0.05, 0) is 128 Å². The Morgan fingerprint density at radius 3 is 2.04 bits per heavy atom. The van der Waals surface area contributed by atoms with E-state index in [1.165, 1.54) is 38.5 Å². The largest absolute Gasteiger partial charge is 0.0780 e. The third-order valence-electron chi connectivity index (χ3n) is 12.2. The predicted octanol–water partition coefficient (Wildman–Crippen LogP) is 7.49. The first-order valence-electron chi connectivity index (χ1n) is 12.6. The lowest BCUT2D eigenvalue weighted by molar-refractivity contribution is 0.0101. The highest BCUT2D eigenvalue weighted by atomic mass is 14.7. The third-order valence-corrected chi connectivity index (χ3v) is 12.2. The highest BCUT2D eigenvalue weighted by Gasteiger charge is 2.62. The molecule has 0 nitrogen and oxygen atoms in total. The van der Waals surface area contributed by atoms with Gasteiger partial charge in [0.25, 0.3) is 0 Å². The highest BCUT2D eigenvalue weighted by molar-refractivity contribution is 5.28. The summed E-state index contributed by atoms with van der Waals surface area (Å²) in [6.45, 7) is 10.6. The molecular formula is C27H42. The first-order valence-corrected chi connectivity index (χ1v) is 12.6. The van der Waals surface area contributed by atoms with Gasteiger partial charge in [-0.15, -0.1) is 0 Å². The Balaban J connectivity index is 1.41. The normalized spacial score (nSPS) is 62.4. The maximum absolute atomic E-state index is 3.03. The predicted molar refractivity (Wildman–Crippen MR) is 113 cm³/mol. The van der Waals surface area contributed by atoms with Crippen LogP contribution in [0, 0.1) is 64.1 Å². The number of allylic oxidation sites excluding steroid dienone is 2. The van der Waals surface area contributed by atoms with Crippen LogP contribution < -0.4 is 0 Å². The van der Waals surface area contributed by atoms with E-state index in [2.05, 4.69) is 33.8 Å². The van der Waals surface area contributed by atoms with Crippen molar-refractivity contribution in [3.63, 3.8) is 0 Å². The first-order chi connectivity index (χ1) is 12.9. The molecule has 0 spiro atoms. The number of hydrogen-bond donors (Lipinski definition) is 0. The summed E-state index contributed by atoms with van der Waals surface area (Å²) in [4.78, 5) is 0. The van der Waals surface area contributed by atoms with Crippen molar-refractivity contribution >= 4 is 0 Å². The summed E-state index contributed by atoms with van der Waals surface area (Å²) in [5.74, 6) is 8.96.